The Bertz CT molecular complexity index is 1160. The highest BCUT2D eigenvalue weighted by Crippen LogP contribution is 2.52. The van der Waals surface area contributed by atoms with Gasteiger partial charge in [0, 0.05) is 30.4 Å². The SMILES string of the molecule is CC(C)(C)OC(=O)N[C@@H]1c2cccnc2CC12CCN(c1ncc(Br)n3nccc13)CC2. The highest BCUT2D eigenvalue weighted by molar-refractivity contribution is 9.10. The summed E-state index contributed by atoms with van der Waals surface area (Å²) in [4.78, 5) is 24.3. The van der Waals surface area contributed by atoms with Gasteiger partial charge in [-0.25, -0.2) is 14.3 Å². The number of pyridine rings is 1. The predicted octanol–water partition coefficient (Wildman–Crippen LogP) is 4.30. The van der Waals surface area contributed by atoms with Crippen LogP contribution < -0.4 is 10.2 Å². The van der Waals surface area contributed by atoms with E-state index in [0.29, 0.717) is 0 Å². The van der Waals surface area contributed by atoms with Crippen molar-refractivity contribution in [3.8, 4) is 0 Å². The molecule has 9 heteroatoms. The van der Waals surface area contributed by atoms with Crippen molar-refractivity contribution in [1.82, 2.24) is 24.9 Å². The number of ether oxygens (including phenoxy) is 1. The summed E-state index contributed by atoms with van der Waals surface area (Å²) in [5.74, 6) is 0.936. The molecule has 3 aromatic heterocycles. The Morgan fingerprint density at radius 3 is 2.75 bits per heavy atom. The number of anilines is 1. The van der Waals surface area contributed by atoms with E-state index in [1.807, 2.05) is 43.6 Å². The van der Waals surface area contributed by atoms with E-state index in [1.165, 1.54) is 0 Å². The molecule has 3 aromatic rings. The Hall–Kier alpha value is -2.68. The van der Waals surface area contributed by atoms with Crippen molar-refractivity contribution >= 4 is 33.4 Å². The molecule has 1 spiro atoms. The number of carbonyl (C=O) groups excluding carboxylic acids is 1. The maximum absolute atomic E-state index is 12.7. The number of carbonyl (C=O) groups is 1. The molecule has 0 saturated carbocycles. The van der Waals surface area contributed by atoms with Gasteiger partial charge in [0.15, 0.2) is 5.82 Å². The molecule has 8 nitrogen and oxygen atoms in total. The van der Waals surface area contributed by atoms with Crippen molar-refractivity contribution in [3.63, 3.8) is 0 Å². The van der Waals surface area contributed by atoms with Crippen LogP contribution in [0.3, 0.4) is 0 Å². The van der Waals surface area contributed by atoms with Crippen LogP contribution >= 0.6 is 15.9 Å². The van der Waals surface area contributed by atoms with Crippen LogP contribution in [0.25, 0.3) is 5.52 Å². The first kappa shape index (κ1) is 21.2. The Kier molecular flexibility index (Phi) is 5.11. The Morgan fingerprint density at radius 1 is 1.22 bits per heavy atom. The van der Waals surface area contributed by atoms with Crippen LogP contribution in [-0.4, -0.2) is 44.4 Å². The molecule has 0 radical (unpaired) electrons. The lowest BCUT2D eigenvalue weighted by molar-refractivity contribution is 0.0428. The van der Waals surface area contributed by atoms with Gasteiger partial charge in [0.05, 0.1) is 18.4 Å². The van der Waals surface area contributed by atoms with Gasteiger partial charge in [0.1, 0.15) is 15.7 Å². The minimum atomic E-state index is -0.541. The molecule has 1 aliphatic heterocycles. The topological polar surface area (TPSA) is 84.6 Å². The standard InChI is InChI=1S/C23H27BrN6O2/c1-22(2,3)32-21(31)28-19-15-5-4-9-25-16(15)13-23(19)7-11-29(12-8-23)20-17-6-10-27-30(17)18(24)14-26-20/h4-6,9-10,14,19H,7-8,11-13H2,1-3H3,(H,28,31)/t19-/m1/s1. The summed E-state index contributed by atoms with van der Waals surface area (Å²) in [5, 5.41) is 7.56. The normalized spacial score (nSPS) is 19.9. The third-order valence-electron chi connectivity index (χ3n) is 6.46. The summed E-state index contributed by atoms with van der Waals surface area (Å²) in [6, 6.07) is 5.90. The summed E-state index contributed by atoms with van der Waals surface area (Å²) in [7, 11) is 0. The molecule has 168 valence electrons. The van der Waals surface area contributed by atoms with Crippen LogP contribution in [0.2, 0.25) is 0 Å². The molecule has 0 aromatic carbocycles. The summed E-state index contributed by atoms with van der Waals surface area (Å²) in [6.45, 7) is 7.33. The van der Waals surface area contributed by atoms with Crippen LogP contribution in [0.5, 0.6) is 0 Å². The first-order valence-electron chi connectivity index (χ1n) is 10.9. The van der Waals surface area contributed by atoms with E-state index in [1.54, 1.807) is 12.4 Å². The summed E-state index contributed by atoms with van der Waals surface area (Å²) >= 11 is 3.51. The molecule has 1 N–H and O–H groups in total. The van der Waals surface area contributed by atoms with Crippen LogP contribution in [0, 0.1) is 5.41 Å². The lowest BCUT2D eigenvalue weighted by atomic mass is 9.73. The third kappa shape index (κ3) is 3.72. The van der Waals surface area contributed by atoms with Crippen molar-refractivity contribution in [2.24, 2.45) is 5.41 Å². The monoisotopic (exact) mass is 498 g/mol. The second-order valence-electron chi connectivity index (χ2n) is 9.68. The van der Waals surface area contributed by atoms with Gasteiger partial charge in [-0.2, -0.15) is 5.10 Å². The van der Waals surface area contributed by atoms with Gasteiger partial charge in [0.2, 0.25) is 0 Å². The lowest BCUT2D eigenvalue weighted by Gasteiger charge is -2.43. The predicted molar refractivity (Wildman–Crippen MR) is 125 cm³/mol. The molecule has 1 atom stereocenters. The van der Waals surface area contributed by atoms with Crippen LogP contribution in [0.15, 0.2) is 41.4 Å². The zero-order valence-corrected chi connectivity index (χ0v) is 20.1. The van der Waals surface area contributed by atoms with Gasteiger partial charge in [-0.1, -0.05) is 6.07 Å². The summed E-state index contributed by atoms with van der Waals surface area (Å²) in [6.07, 6.45) is 7.73. The van der Waals surface area contributed by atoms with Crippen LogP contribution in [0.4, 0.5) is 10.6 Å². The number of aromatic nitrogens is 4. The largest absolute Gasteiger partial charge is 0.444 e. The van der Waals surface area contributed by atoms with Gasteiger partial charge in [-0.05, 0) is 73.7 Å². The van der Waals surface area contributed by atoms with E-state index in [9.17, 15) is 4.79 Å². The van der Waals surface area contributed by atoms with E-state index in [0.717, 1.165) is 59.5 Å². The number of nitrogens with zero attached hydrogens (tertiary/aromatic N) is 5. The molecule has 2 aliphatic rings. The minimum Gasteiger partial charge on any atom is -0.444 e. The van der Waals surface area contributed by atoms with Gasteiger partial charge in [-0.15, -0.1) is 0 Å². The smallest absolute Gasteiger partial charge is 0.408 e. The van der Waals surface area contributed by atoms with E-state index < -0.39 is 5.60 Å². The van der Waals surface area contributed by atoms with E-state index in [2.05, 4.69) is 47.3 Å². The average Bonchev–Trinajstić information content (AvgIpc) is 3.33. The first-order valence-corrected chi connectivity index (χ1v) is 11.7. The van der Waals surface area contributed by atoms with Crippen molar-refractivity contribution < 1.29 is 9.53 Å². The van der Waals surface area contributed by atoms with Gasteiger partial charge in [-0.3, -0.25) is 4.98 Å². The molecule has 1 saturated heterocycles. The maximum Gasteiger partial charge on any atom is 0.408 e. The van der Waals surface area contributed by atoms with Crippen LogP contribution in [-0.2, 0) is 11.2 Å². The molecule has 0 bridgehead atoms. The number of alkyl carbamates (subject to hydrolysis) is 1. The molecule has 1 amide bonds. The molecule has 1 fully saturated rings. The molecule has 5 rings (SSSR count). The fraction of sp³-hybridized carbons (Fsp3) is 0.478. The van der Waals surface area contributed by atoms with Crippen molar-refractivity contribution in [3.05, 3.63) is 52.7 Å². The maximum atomic E-state index is 12.7. The zero-order valence-electron chi connectivity index (χ0n) is 18.5. The number of halogens is 1. The number of rotatable bonds is 2. The molecule has 1 aliphatic carbocycles. The van der Waals surface area contributed by atoms with Gasteiger partial charge >= 0.3 is 6.09 Å². The van der Waals surface area contributed by atoms with Gasteiger partial charge < -0.3 is 15.0 Å². The first-order chi connectivity index (χ1) is 15.3. The van der Waals surface area contributed by atoms with E-state index in [-0.39, 0.29) is 17.6 Å². The number of hydrogen-bond donors (Lipinski definition) is 1. The lowest BCUT2D eigenvalue weighted by Crippen LogP contribution is -2.48. The summed E-state index contributed by atoms with van der Waals surface area (Å²) in [5.41, 5.74) is 2.53. The average molecular weight is 499 g/mol. The fourth-order valence-electron chi connectivity index (χ4n) is 5.03. The minimum absolute atomic E-state index is 0.0873. The molecular formula is C23H27BrN6O2. The quantitative estimate of drug-likeness (QED) is 0.566. The van der Waals surface area contributed by atoms with Crippen molar-refractivity contribution in [2.45, 2.75) is 51.7 Å². The van der Waals surface area contributed by atoms with Crippen LogP contribution in [0.1, 0.15) is 50.9 Å². The Balaban J connectivity index is 1.40. The second-order valence-corrected chi connectivity index (χ2v) is 10.5. The third-order valence-corrected chi connectivity index (χ3v) is 7.00. The second kappa shape index (κ2) is 7.72. The fourth-order valence-corrected chi connectivity index (χ4v) is 5.42. The highest BCUT2D eigenvalue weighted by Gasteiger charge is 2.49. The molecule has 32 heavy (non-hydrogen) atoms. The van der Waals surface area contributed by atoms with Crippen molar-refractivity contribution in [2.75, 3.05) is 18.0 Å². The summed E-state index contributed by atoms with van der Waals surface area (Å²) < 4.78 is 8.27. The van der Waals surface area contributed by atoms with Crippen molar-refractivity contribution in [1.29, 1.82) is 0 Å². The molecule has 4 heterocycles. The Labute approximate surface area is 195 Å². The number of fused-ring (bicyclic) bond motifs is 2. The van der Waals surface area contributed by atoms with E-state index >= 15 is 0 Å². The zero-order chi connectivity index (χ0) is 22.5. The Morgan fingerprint density at radius 2 is 2.00 bits per heavy atom. The number of piperidine rings is 1. The molecule has 0 unspecified atom stereocenters. The van der Waals surface area contributed by atoms with E-state index in [4.69, 9.17) is 4.74 Å². The molecular weight excluding hydrogens is 472 g/mol. The van der Waals surface area contributed by atoms with Gasteiger partial charge in [0.25, 0.3) is 0 Å². The number of nitrogens with one attached hydrogen (secondary N) is 1. The number of amides is 1. The highest BCUT2D eigenvalue weighted by atomic mass is 79.9. The number of hydrogen-bond acceptors (Lipinski definition) is 6.